The van der Waals surface area contributed by atoms with Crippen molar-refractivity contribution in [2.75, 3.05) is 26.2 Å². The van der Waals surface area contributed by atoms with E-state index in [2.05, 4.69) is 0 Å². The number of hydrogen-bond donors (Lipinski definition) is 0. The molecule has 2 unspecified atom stereocenters. The summed E-state index contributed by atoms with van der Waals surface area (Å²) in [6, 6.07) is 4.49. The fourth-order valence-electron chi connectivity index (χ4n) is 3.36. The topological polar surface area (TPSA) is 49.9 Å². The van der Waals surface area contributed by atoms with E-state index in [-0.39, 0.29) is 36.8 Å². The van der Waals surface area contributed by atoms with E-state index in [1.807, 2.05) is 11.8 Å². The van der Waals surface area contributed by atoms with E-state index in [9.17, 15) is 22.8 Å². The van der Waals surface area contributed by atoms with Gasteiger partial charge in [-0.25, -0.2) is 0 Å². The number of carbonyl (C=O) groups is 2. The fraction of sp³-hybridized carbons (Fsp3) is 0.529. The molecule has 3 rings (SSSR count). The van der Waals surface area contributed by atoms with Gasteiger partial charge in [0.1, 0.15) is 12.1 Å². The Kier molecular flexibility index (Phi) is 4.73. The number of esters is 1. The molecule has 25 heavy (non-hydrogen) atoms. The molecule has 8 heteroatoms. The zero-order valence-corrected chi connectivity index (χ0v) is 13.8. The van der Waals surface area contributed by atoms with Crippen LogP contribution in [0.15, 0.2) is 24.3 Å². The second-order valence-corrected chi connectivity index (χ2v) is 6.37. The van der Waals surface area contributed by atoms with Crippen LogP contribution in [-0.2, 0) is 15.7 Å². The zero-order valence-electron chi connectivity index (χ0n) is 13.8. The van der Waals surface area contributed by atoms with Gasteiger partial charge >= 0.3 is 12.1 Å². The van der Waals surface area contributed by atoms with E-state index < -0.39 is 17.6 Å². The summed E-state index contributed by atoms with van der Waals surface area (Å²) in [5.74, 6) is -0.898. The van der Waals surface area contributed by atoms with Crippen molar-refractivity contribution in [1.82, 2.24) is 9.80 Å². The van der Waals surface area contributed by atoms with Crippen molar-refractivity contribution < 1.29 is 27.5 Å². The van der Waals surface area contributed by atoms with E-state index >= 15 is 0 Å². The summed E-state index contributed by atoms with van der Waals surface area (Å²) in [6.07, 6.45) is -4.10. The monoisotopic (exact) mass is 356 g/mol. The third-order valence-electron chi connectivity index (χ3n) is 4.65. The average molecular weight is 356 g/mol. The third-order valence-corrected chi connectivity index (χ3v) is 4.65. The molecule has 2 fully saturated rings. The van der Waals surface area contributed by atoms with Gasteiger partial charge in [0.25, 0.3) is 5.91 Å². The molecule has 2 aliphatic rings. The fourth-order valence-corrected chi connectivity index (χ4v) is 3.36. The van der Waals surface area contributed by atoms with Crippen LogP contribution in [-0.4, -0.2) is 60.0 Å². The van der Waals surface area contributed by atoms with Gasteiger partial charge in [0, 0.05) is 32.6 Å². The maximum atomic E-state index is 13.1. The standard InChI is InChI=1S/C17H19F3N2O3/c1-11-10-14(16(24)25-11)21-6-8-22(9-7-21)15(23)12-4-2-3-5-13(12)17(18,19)20/h2-5,11,14H,6-10H2,1H3. The largest absolute Gasteiger partial charge is 0.461 e. The highest BCUT2D eigenvalue weighted by Gasteiger charge is 2.39. The van der Waals surface area contributed by atoms with E-state index in [1.165, 1.54) is 23.1 Å². The molecule has 0 aromatic heterocycles. The number of ether oxygens (including phenoxy) is 1. The lowest BCUT2D eigenvalue weighted by molar-refractivity contribution is -0.145. The van der Waals surface area contributed by atoms with Gasteiger partial charge in [-0.3, -0.25) is 14.5 Å². The minimum absolute atomic E-state index is 0.129. The summed E-state index contributed by atoms with van der Waals surface area (Å²) in [6.45, 7) is 3.26. The number of carbonyl (C=O) groups excluding carboxylic acids is 2. The Labute approximate surface area is 143 Å². The summed E-state index contributed by atoms with van der Waals surface area (Å²) >= 11 is 0. The van der Waals surface area contributed by atoms with E-state index in [0.717, 1.165) is 6.07 Å². The number of piperazine rings is 1. The smallest absolute Gasteiger partial charge is 0.417 e. The Morgan fingerprint density at radius 2 is 1.80 bits per heavy atom. The number of hydrogen-bond acceptors (Lipinski definition) is 4. The molecule has 2 aliphatic heterocycles. The molecule has 5 nitrogen and oxygen atoms in total. The number of cyclic esters (lactones) is 1. The van der Waals surface area contributed by atoms with Crippen molar-refractivity contribution in [3.05, 3.63) is 35.4 Å². The molecule has 0 aliphatic carbocycles. The highest BCUT2D eigenvalue weighted by atomic mass is 19.4. The zero-order chi connectivity index (χ0) is 18.2. The molecule has 0 bridgehead atoms. The molecule has 0 spiro atoms. The normalized spacial score (nSPS) is 25.1. The Hall–Kier alpha value is -2.09. The van der Waals surface area contributed by atoms with Crippen molar-refractivity contribution in [2.24, 2.45) is 0 Å². The quantitative estimate of drug-likeness (QED) is 0.762. The summed E-state index contributed by atoms with van der Waals surface area (Å²) in [5.41, 5.74) is -1.26. The molecule has 1 aromatic rings. The summed E-state index contributed by atoms with van der Waals surface area (Å²) in [5, 5.41) is 0. The summed E-state index contributed by atoms with van der Waals surface area (Å²) in [7, 11) is 0. The summed E-state index contributed by atoms with van der Waals surface area (Å²) in [4.78, 5) is 27.7. The minimum Gasteiger partial charge on any atom is -0.461 e. The second-order valence-electron chi connectivity index (χ2n) is 6.37. The van der Waals surface area contributed by atoms with Crippen LogP contribution < -0.4 is 0 Å². The first-order valence-corrected chi connectivity index (χ1v) is 8.17. The number of nitrogens with zero attached hydrogens (tertiary/aromatic N) is 2. The maximum Gasteiger partial charge on any atom is 0.417 e. The van der Waals surface area contributed by atoms with Gasteiger partial charge in [-0.2, -0.15) is 13.2 Å². The van der Waals surface area contributed by atoms with Crippen LogP contribution in [0.1, 0.15) is 29.3 Å². The van der Waals surface area contributed by atoms with Gasteiger partial charge in [0.2, 0.25) is 0 Å². The Balaban J connectivity index is 1.68. The number of benzene rings is 1. The lowest BCUT2D eigenvalue weighted by Crippen LogP contribution is -2.53. The van der Waals surface area contributed by atoms with Crippen LogP contribution >= 0.6 is 0 Å². The van der Waals surface area contributed by atoms with E-state index in [1.54, 1.807) is 0 Å². The molecular weight excluding hydrogens is 337 g/mol. The van der Waals surface area contributed by atoms with Crippen molar-refractivity contribution in [2.45, 2.75) is 31.7 Å². The first kappa shape index (κ1) is 17.7. The number of halogens is 3. The third kappa shape index (κ3) is 3.63. The summed E-state index contributed by atoms with van der Waals surface area (Å²) < 4.78 is 44.4. The molecule has 0 N–H and O–H groups in total. The molecule has 2 atom stereocenters. The molecule has 0 saturated carbocycles. The molecule has 0 radical (unpaired) electrons. The predicted molar refractivity (Wildman–Crippen MR) is 82.9 cm³/mol. The van der Waals surface area contributed by atoms with Crippen LogP contribution in [0.4, 0.5) is 13.2 Å². The predicted octanol–water partition coefficient (Wildman–Crippen LogP) is 2.17. The van der Waals surface area contributed by atoms with Crippen molar-refractivity contribution in [3.63, 3.8) is 0 Å². The van der Waals surface area contributed by atoms with Crippen molar-refractivity contribution in [1.29, 1.82) is 0 Å². The molecule has 2 heterocycles. The molecule has 1 aromatic carbocycles. The molecule has 1 amide bonds. The number of alkyl halides is 3. The van der Waals surface area contributed by atoms with Crippen LogP contribution in [0.3, 0.4) is 0 Å². The lowest BCUT2D eigenvalue weighted by Gasteiger charge is -2.36. The second kappa shape index (κ2) is 6.67. The molecule has 2 saturated heterocycles. The van der Waals surface area contributed by atoms with Gasteiger partial charge in [-0.15, -0.1) is 0 Å². The molecular formula is C17H19F3N2O3. The van der Waals surface area contributed by atoms with Crippen molar-refractivity contribution in [3.8, 4) is 0 Å². The van der Waals surface area contributed by atoms with Gasteiger partial charge in [0.15, 0.2) is 0 Å². The Bertz CT molecular complexity index is 669. The van der Waals surface area contributed by atoms with Crippen LogP contribution in [0.25, 0.3) is 0 Å². The highest BCUT2D eigenvalue weighted by molar-refractivity contribution is 5.96. The Morgan fingerprint density at radius 1 is 1.16 bits per heavy atom. The number of amides is 1. The van der Waals surface area contributed by atoms with Crippen molar-refractivity contribution >= 4 is 11.9 Å². The maximum absolute atomic E-state index is 13.1. The van der Waals surface area contributed by atoms with Gasteiger partial charge in [0.05, 0.1) is 11.1 Å². The first-order valence-electron chi connectivity index (χ1n) is 8.17. The minimum atomic E-state index is -4.57. The van der Waals surface area contributed by atoms with E-state index in [0.29, 0.717) is 19.5 Å². The van der Waals surface area contributed by atoms with Gasteiger partial charge in [-0.05, 0) is 19.1 Å². The lowest BCUT2D eigenvalue weighted by atomic mass is 10.0. The first-order chi connectivity index (χ1) is 11.8. The van der Waals surface area contributed by atoms with Crippen LogP contribution in [0.2, 0.25) is 0 Å². The Morgan fingerprint density at radius 3 is 2.36 bits per heavy atom. The SMILES string of the molecule is CC1CC(N2CCN(C(=O)c3ccccc3C(F)(F)F)CC2)C(=O)O1. The van der Waals surface area contributed by atoms with Crippen LogP contribution in [0, 0.1) is 0 Å². The van der Waals surface area contributed by atoms with Gasteiger partial charge in [-0.1, -0.05) is 12.1 Å². The molecule has 136 valence electrons. The average Bonchev–Trinajstić information content (AvgIpc) is 2.92. The number of rotatable bonds is 2. The van der Waals surface area contributed by atoms with Gasteiger partial charge < -0.3 is 9.64 Å². The van der Waals surface area contributed by atoms with Crippen LogP contribution in [0.5, 0.6) is 0 Å². The highest BCUT2D eigenvalue weighted by Crippen LogP contribution is 2.32. The van der Waals surface area contributed by atoms with E-state index in [4.69, 9.17) is 4.74 Å².